The minimum Gasteiger partial charge on any atom is -0.472 e. The van der Waals surface area contributed by atoms with Crippen molar-refractivity contribution in [3.8, 4) is 0 Å². The predicted octanol–water partition coefficient (Wildman–Crippen LogP) is 1.39. The number of nitrogens with zero attached hydrogens (tertiary/aromatic N) is 3. The van der Waals surface area contributed by atoms with E-state index in [4.69, 9.17) is 4.74 Å². The van der Waals surface area contributed by atoms with Gasteiger partial charge in [0.1, 0.15) is 18.0 Å². The molecule has 2 aliphatic heterocycles. The van der Waals surface area contributed by atoms with Gasteiger partial charge in [-0.1, -0.05) is 0 Å². The maximum Gasteiger partial charge on any atom is 0.325 e. The van der Waals surface area contributed by atoms with E-state index in [0.717, 1.165) is 0 Å². The average molecular weight is 348 g/mol. The first-order chi connectivity index (χ1) is 11.8. The fourth-order valence-electron chi connectivity index (χ4n) is 2.75. The maximum absolute atomic E-state index is 13.0. The number of benzene rings is 1. The lowest BCUT2D eigenvalue weighted by atomic mass is 10.1. The summed E-state index contributed by atoms with van der Waals surface area (Å²) in [6.07, 6.45) is 0. The highest BCUT2D eigenvalue weighted by molar-refractivity contribution is 5.96. The van der Waals surface area contributed by atoms with Gasteiger partial charge < -0.3 is 15.0 Å². The Morgan fingerprint density at radius 1 is 1.32 bits per heavy atom. The number of carbonyl (C=O) groups excluding carboxylic acids is 2. The molecule has 1 aromatic rings. The van der Waals surface area contributed by atoms with Crippen molar-refractivity contribution in [1.29, 1.82) is 0 Å². The monoisotopic (exact) mass is 348 g/mol. The van der Waals surface area contributed by atoms with E-state index in [9.17, 15) is 14.0 Å². The van der Waals surface area contributed by atoms with Gasteiger partial charge in [0.15, 0.2) is 0 Å². The molecule has 134 valence electrons. The van der Waals surface area contributed by atoms with E-state index >= 15 is 0 Å². The molecule has 1 aromatic carbocycles. The molecule has 7 nitrogen and oxygen atoms in total. The second kappa shape index (κ2) is 6.70. The van der Waals surface area contributed by atoms with Gasteiger partial charge in [0.05, 0.1) is 13.1 Å². The van der Waals surface area contributed by atoms with Crippen LogP contribution in [0.4, 0.5) is 14.9 Å². The molecule has 2 aliphatic rings. The number of ether oxygens (including phenoxy) is 1. The molecule has 0 unspecified atom stereocenters. The zero-order chi connectivity index (χ0) is 18.0. The van der Waals surface area contributed by atoms with Gasteiger partial charge in [-0.2, -0.15) is 0 Å². The Labute approximate surface area is 145 Å². The minimum atomic E-state index is -0.355. The van der Waals surface area contributed by atoms with Crippen LogP contribution in [0.1, 0.15) is 13.8 Å². The van der Waals surface area contributed by atoms with Crippen LogP contribution in [-0.4, -0.2) is 61.1 Å². The first-order valence-electron chi connectivity index (χ1n) is 8.15. The molecule has 25 heavy (non-hydrogen) atoms. The summed E-state index contributed by atoms with van der Waals surface area (Å²) in [5.74, 6) is -0.129. The number of hydrogen-bond donors (Lipinski definition) is 1. The van der Waals surface area contributed by atoms with Gasteiger partial charge in [-0.3, -0.25) is 9.69 Å². The molecule has 3 amide bonds. The fraction of sp³-hybridized carbons (Fsp3) is 0.471. The number of aliphatic imine (C=N–C) groups is 1. The standard InChI is InChI=1S/C17H21FN4O3/c1-17(2)11-20-15(25-17)9-19-14(23)10-21-7-8-22(16(21)24)13-5-3-12(18)4-6-13/h3-6H,7-11H2,1-2H3,(H,19,23). The Kier molecular flexibility index (Phi) is 4.61. The number of rotatable bonds is 5. The summed E-state index contributed by atoms with van der Waals surface area (Å²) >= 11 is 0. The summed E-state index contributed by atoms with van der Waals surface area (Å²) in [7, 11) is 0. The Balaban J connectivity index is 1.49. The van der Waals surface area contributed by atoms with Gasteiger partial charge in [-0.15, -0.1) is 0 Å². The highest BCUT2D eigenvalue weighted by Gasteiger charge is 2.31. The molecule has 1 saturated heterocycles. The van der Waals surface area contributed by atoms with E-state index in [-0.39, 0.29) is 36.4 Å². The molecule has 0 aliphatic carbocycles. The lowest BCUT2D eigenvalue weighted by Gasteiger charge is -2.19. The van der Waals surface area contributed by atoms with Crippen molar-refractivity contribution in [2.45, 2.75) is 19.4 Å². The summed E-state index contributed by atoms with van der Waals surface area (Å²) in [5, 5.41) is 2.72. The maximum atomic E-state index is 13.0. The van der Waals surface area contributed by atoms with Gasteiger partial charge in [0, 0.05) is 18.8 Å². The third kappa shape index (κ3) is 4.07. The van der Waals surface area contributed by atoms with Crippen LogP contribution in [-0.2, 0) is 9.53 Å². The first kappa shape index (κ1) is 17.2. The van der Waals surface area contributed by atoms with Crippen LogP contribution in [0.3, 0.4) is 0 Å². The lowest BCUT2D eigenvalue weighted by molar-refractivity contribution is -0.121. The van der Waals surface area contributed by atoms with E-state index in [1.807, 2.05) is 13.8 Å². The van der Waals surface area contributed by atoms with Gasteiger partial charge in [0.2, 0.25) is 11.8 Å². The zero-order valence-corrected chi connectivity index (χ0v) is 14.3. The Hall–Kier alpha value is -2.64. The predicted molar refractivity (Wildman–Crippen MR) is 91.2 cm³/mol. The number of amides is 3. The number of carbonyl (C=O) groups is 2. The number of hydrogen-bond acceptors (Lipinski definition) is 4. The molecule has 0 spiro atoms. The van der Waals surface area contributed by atoms with E-state index in [1.54, 1.807) is 12.1 Å². The third-order valence-corrected chi connectivity index (χ3v) is 4.03. The molecule has 8 heteroatoms. The highest BCUT2D eigenvalue weighted by Crippen LogP contribution is 2.20. The van der Waals surface area contributed by atoms with Crippen molar-refractivity contribution in [2.24, 2.45) is 4.99 Å². The summed E-state index contributed by atoms with van der Waals surface area (Å²) in [6, 6.07) is 5.45. The van der Waals surface area contributed by atoms with Crippen molar-refractivity contribution in [3.05, 3.63) is 30.1 Å². The smallest absolute Gasteiger partial charge is 0.325 e. The van der Waals surface area contributed by atoms with Crippen molar-refractivity contribution in [3.63, 3.8) is 0 Å². The normalized spacial score (nSPS) is 19.0. The van der Waals surface area contributed by atoms with E-state index in [1.165, 1.54) is 21.9 Å². The van der Waals surface area contributed by atoms with Crippen molar-refractivity contribution in [1.82, 2.24) is 10.2 Å². The molecule has 3 rings (SSSR count). The molecule has 2 heterocycles. The first-order valence-corrected chi connectivity index (χ1v) is 8.15. The largest absolute Gasteiger partial charge is 0.472 e. The second-order valence-corrected chi connectivity index (χ2v) is 6.68. The molecule has 0 bridgehead atoms. The average Bonchev–Trinajstić information content (AvgIpc) is 3.09. The topological polar surface area (TPSA) is 74.2 Å². The number of nitrogens with one attached hydrogen (secondary N) is 1. The SMILES string of the molecule is CC1(C)CN=C(CNC(=O)CN2CCN(c3ccc(F)cc3)C2=O)O1. The lowest BCUT2D eigenvalue weighted by Crippen LogP contribution is -2.41. The second-order valence-electron chi connectivity index (χ2n) is 6.68. The van der Waals surface area contributed by atoms with Crippen LogP contribution in [0.5, 0.6) is 0 Å². The molecular weight excluding hydrogens is 327 g/mol. The van der Waals surface area contributed by atoms with Gasteiger partial charge in [0.25, 0.3) is 0 Å². The molecule has 0 atom stereocenters. The Morgan fingerprint density at radius 2 is 2.04 bits per heavy atom. The number of halogens is 1. The van der Waals surface area contributed by atoms with Crippen molar-refractivity contribution >= 4 is 23.5 Å². The van der Waals surface area contributed by atoms with Crippen LogP contribution in [0.15, 0.2) is 29.3 Å². The van der Waals surface area contributed by atoms with Crippen LogP contribution in [0.25, 0.3) is 0 Å². The zero-order valence-electron chi connectivity index (χ0n) is 14.3. The van der Waals surface area contributed by atoms with Crippen LogP contribution in [0, 0.1) is 5.82 Å². The number of urea groups is 1. The molecule has 0 aromatic heterocycles. The highest BCUT2D eigenvalue weighted by atomic mass is 19.1. The Morgan fingerprint density at radius 3 is 2.68 bits per heavy atom. The van der Waals surface area contributed by atoms with Gasteiger partial charge >= 0.3 is 6.03 Å². The fourth-order valence-corrected chi connectivity index (χ4v) is 2.75. The van der Waals surface area contributed by atoms with Gasteiger partial charge in [-0.05, 0) is 38.1 Å². The van der Waals surface area contributed by atoms with Crippen LogP contribution < -0.4 is 10.2 Å². The molecule has 1 N–H and O–H groups in total. The Bertz CT molecular complexity index is 702. The molecule has 0 saturated carbocycles. The molecule has 0 radical (unpaired) electrons. The van der Waals surface area contributed by atoms with Gasteiger partial charge in [-0.25, -0.2) is 14.2 Å². The summed E-state index contributed by atoms with van der Waals surface area (Å²) in [6.45, 7) is 5.50. The van der Waals surface area contributed by atoms with E-state index in [0.29, 0.717) is 31.2 Å². The molecular formula is C17H21FN4O3. The quantitative estimate of drug-likeness (QED) is 0.874. The minimum absolute atomic E-state index is 0.0345. The summed E-state index contributed by atoms with van der Waals surface area (Å²) in [4.78, 5) is 31.7. The van der Waals surface area contributed by atoms with Crippen LogP contribution >= 0.6 is 0 Å². The summed E-state index contributed by atoms with van der Waals surface area (Å²) < 4.78 is 18.6. The molecule has 1 fully saturated rings. The van der Waals surface area contributed by atoms with Crippen LogP contribution in [0.2, 0.25) is 0 Å². The summed E-state index contributed by atoms with van der Waals surface area (Å²) in [5.41, 5.74) is 0.283. The number of anilines is 1. The van der Waals surface area contributed by atoms with E-state index in [2.05, 4.69) is 10.3 Å². The van der Waals surface area contributed by atoms with Crippen molar-refractivity contribution < 1.29 is 18.7 Å². The van der Waals surface area contributed by atoms with E-state index < -0.39 is 0 Å². The third-order valence-electron chi connectivity index (χ3n) is 4.03. The van der Waals surface area contributed by atoms with Crippen molar-refractivity contribution in [2.75, 3.05) is 37.6 Å².